The molecule has 0 fully saturated rings. The molecule has 0 unspecified atom stereocenters. The number of hydrogen-bond donors (Lipinski definition) is 0. The van der Waals surface area contributed by atoms with Gasteiger partial charge in [0, 0.05) is 20.2 Å². The third-order valence-corrected chi connectivity index (χ3v) is 2.88. The van der Waals surface area contributed by atoms with Crippen molar-refractivity contribution in [1.82, 2.24) is 4.98 Å². The van der Waals surface area contributed by atoms with Crippen molar-refractivity contribution in [2.75, 3.05) is 38.3 Å². The molecule has 0 saturated carbocycles. The first-order valence-electron chi connectivity index (χ1n) is 6.29. The fourth-order valence-electron chi connectivity index (χ4n) is 1.91. The van der Waals surface area contributed by atoms with Crippen molar-refractivity contribution in [3.8, 4) is 0 Å². The van der Waals surface area contributed by atoms with Gasteiger partial charge in [0.05, 0.1) is 13.2 Å². The summed E-state index contributed by atoms with van der Waals surface area (Å²) in [5.74, 6) is -0.454. The first-order valence-corrected chi connectivity index (χ1v) is 6.29. The number of esters is 1. The average Bonchev–Trinajstić information content (AvgIpc) is 2.90. The van der Waals surface area contributed by atoms with Crippen molar-refractivity contribution in [2.45, 2.75) is 13.3 Å². The van der Waals surface area contributed by atoms with Gasteiger partial charge in [0.2, 0.25) is 0 Å². The van der Waals surface area contributed by atoms with Crippen molar-refractivity contribution in [3.63, 3.8) is 0 Å². The Morgan fingerprint density at radius 1 is 1.58 bits per heavy atom. The predicted molar refractivity (Wildman–Crippen MR) is 69.2 cm³/mol. The molecular formula is C13H18N2O4. The second-order valence-corrected chi connectivity index (χ2v) is 4.23. The maximum absolute atomic E-state index is 11.5. The quantitative estimate of drug-likeness (QED) is 0.596. The number of hydrogen-bond acceptors (Lipinski definition) is 6. The highest BCUT2D eigenvalue weighted by atomic mass is 16.5. The van der Waals surface area contributed by atoms with E-state index in [1.807, 2.05) is 4.90 Å². The van der Waals surface area contributed by atoms with E-state index in [1.54, 1.807) is 14.0 Å². The van der Waals surface area contributed by atoms with Gasteiger partial charge in [-0.1, -0.05) is 6.08 Å². The molecule has 0 spiro atoms. The van der Waals surface area contributed by atoms with Crippen molar-refractivity contribution < 1.29 is 18.7 Å². The summed E-state index contributed by atoms with van der Waals surface area (Å²) in [5.41, 5.74) is 1.49. The monoisotopic (exact) mass is 266 g/mol. The van der Waals surface area contributed by atoms with Gasteiger partial charge in [-0.3, -0.25) is 0 Å². The summed E-state index contributed by atoms with van der Waals surface area (Å²) in [6.07, 6.45) is 4.34. The van der Waals surface area contributed by atoms with E-state index in [2.05, 4.69) is 11.1 Å². The highest BCUT2D eigenvalue weighted by Crippen LogP contribution is 2.19. The van der Waals surface area contributed by atoms with E-state index in [0.29, 0.717) is 25.8 Å². The highest BCUT2D eigenvalue weighted by molar-refractivity contribution is 5.87. The van der Waals surface area contributed by atoms with Crippen LogP contribution in [0.3, 0.4) is 0 Å². The van der Waals surface area contributed by atoms with E-state index in [-0.39, 0.29) is 5.69 Å². The topological polar surface area (TPSA) is 64.8 Å². The molecule has 2 rings (SSSR count). The maximum atomic E-state index is 11.5. The zero-order chi connectivity index (χ0) is 13.7. The second kappa shape index (κ2) is 6.38. The van der Waals surface area contributed by atoms with Gasteiger partial charge in [-0.05, 0) is 18.9 Å². The molecule has 0 bridgehead atoms. The molecule has 6 nitrogen and oxygen atoms in total. The van der Waals surface area contributed by atoms with Gasteiger partial charge in [0.1, 0.15) is 6.26 Å². The summed E-state index contributed by atoms with van der Waals surface area (Å²) in [7, 11) is 1.69. The summed E-state index contributed by atoms with van der Waals surface area (Å²) in [5, 5.41) is 0. The molecule has 0 radical (unpaired) electrons. The van der Waals surface area contributed by atoms with Crippen LogP contribution in [0.1, 0.15) is 23.8 Å². The van der Waals surface area contributed by atoms with Crippen molar-refractivity contribution >= 4 is 12.0 Å². The molecule has 2 heterocycles. The molecule has 0 N–H and O–H groups in total. The predicted octanol–water partition coefficient (Wildman–Crippen LogP) is 1.63. The number of methoxy groups -OCH3 is 1. The second-order valence-electron chi connectivity index (χ2n) is 4.23. The van der Waals surface area contributed by atoms with Gasteiger partial charge < -0.3 is 18.8 Å². The molecule has 104 valence electrons. The fourth-order valence-corrected chi connectivity index (χ4v) is 1.91. The zero-order valence-corrected chi connectivity index (χ0v) is 11.2. The van der Waals surface area contributed by atoms with Crippen molar-refractivity contribution in [1.29, 1.82) is 0 Å². The fraction of sp³-hybridized carbons (Fsp3) is 0.538. The van der Waals surface area contributed by atoms with E-state index in [4.69, 9.17) is 13.9 Å². The van der Waals surface area contributed by atoms with E-state index in [1.165, 1.54) is 11.8 Å². The lowest BCUT2D eigenvalue weighted by atomic mass is 10.1. The van der Waals surface area contributed by atoms with Crippen LogP contribution in [0, 0.1) is 0 Å². The minimum Gasteiger partial charge on any atom is -0.461 e. The molecule has 19 heavy (non-hydrogen) atoms. The molecule has 1 aromatic heterocycles. The first kappa shape index (κ1) is 13.6. The van der Waals surface area contributed by atoms with Gasteiger partial charge in [-0.25, -0.2) is 4.79 Å². The molecular weight excluding hydrogens is 248 g/mol. The van der Waals surface area contributed by atoms with Crippen LogP contribution in [0.2, 0.25) is 0 Å². The first-order chi connectivity index (χ1) is 9.24. The van der Waals surface area contributed by atoms with Gasteiger partial charge >= 0.3 is 5.97 Å². The average molecular weight is 266 g/mol. The summed E-state index contributed by atoms with van der Waals surface area (Å²) in [6, 6.07) is 0.454. The molecule has 0 aliphatic carbocycles. The number of carbonyl (C=O) groups is 1. The van der Waals surface area contributed by atoms with Crippen LogP contribution in [-0.4, -0.2) is 44.4 Å². The standard InChI is InChI=1S/C13H18N2O4/c1-3-18-12(16)11-9-19-13(14-11)15-6-4-10(5-7-15)8-17-2/h4,9H,3,5-8H2,1-2H3. The van der Waals surface area contributed by atoms with Crippen LogP contribution in [-0.2, 0) is 9.47 Å². The Balaban J connectivity index is 1.98. The number of nitrogens with zero attached hydrogens (tertiary/aromatic N) is 2. The molecule has 0 amide bonds. The summed E-state index contributed by atoms with van der Waals surface area (Å²) in [4.78, 5) is 17.6. The SMILES string of the molecule is CCOC(=O)c1coc(N2CC=C(COC)CC2)n1. The molecule has 0 atom stereocenters. The van der Waals surface area contributed by atoms with E-state index >= 15 is 0 Å². The lowest BCUT2D eigenvalue weighted by Gasteiger charge is -2.24. The smallest absolute Gasteiger partial charge is 0.360 e. The maximum Gasteiger partial charge on any atom is 0.360 e. The van der Waals surface area contributed by atoms with Gasteiger partial charge in [-0.2, -0.15) is 4.98 Å². The van der Waals surface area contributed by atoms with Crippen LogP contribution in [0.25, 0.3) is 0 Å². The van der Waals surface area contributed by atoms with Crippen LogP contribution < -0.4 is 4.90 Å². The summed E-state index contributed by atoms with van der Waals surface area (Å²) >= 11 is 0. The number of oxazole rings is 1. The van der Waals surface area contributed by atoms with E-state index < -0.39 is 5.97 Å². The van der Waals surface area contributed by atoms with Gasteiger partial charge in [-0.15, -0.1) is 0 Å². The van der Waals surface area contributed by atoms with E-state index in [0.717, 1.165) is 13.0 Å². The van der Waals surface area contributed by atoms with Gasteiger partial charge in [0.15, 0.2) is 5.69 Å². The zero-order valence-electron chi connectivity index (χ0n) is 11.2. The third kappa shape index (κ3) is 3.35. The molecule has 1 aliphatic rings. The third-order valence-electron chi connectivity index (χ3n) is 2.88. The van der Waals surface area contributed by atoms with Crippen molar-refractivity contribution in [2.24, 2.45) is 0 Å². The number of rotatable bonds is 5. The van der Waals surface area contributed by atoms with E-state index in [9.17, 15) is 4.79 Å². The number of aromatic nitrogens is 1. The number of anilines is 1. The lowest BCUT2D eigenvalue weighted by Crippen LogP contribution is -2.29. The summed E-state index contributed by atoms with van der Waals surface area (Å²) < 4.78 is 15.3. The minimum absolute atomic E-state index is 0.212. The van der Waals surface area contributed by atoms with Gasteiger partial charge in [0.25, 0.3) is 6.01 Å². The molecule has 1 aliphatic heterocycles. The Bertz CT molecular complexity index is 467. The van der Waals surface area contributed by atoms with Crippen LogP contribution in [0.5, 0.6) is 0 Å². The van der Waals surface area contributed by atoms with Crippen LogP contribution in [0.4, 0.5) is 6.01 Å². The molecule has 6 heteroatoms. The molecule has 0 saturated heterocycles. The largest absolute Gasteiger partial charge is 0.461 e. The summed E-state index contributed by atoms with van der Waals surface area (Å²) in [6.45, 7) is 4.26. The Hall–Kier alpha value is -1.82. The van der Waals surface area contributed by atoms with Crippen LogP contribution >= 0.6 is 0 Å². The van der Waals surface area contributed by atoms with Crippen LogP contribution in [0.15, 0.2) is 22.3 Å². The molecule has 0 aromatic carbocycles. The lowest BCUT2D eigenvalue weighted by molar-refractivity contribution is 0.0519. The Labute approximate surface area is 112 Å². The normalized spacial score (nSPS) is 15.3. The Morgan fingerprint density at radius 2 is 2.42 bits per heavy atom. The molecule has 1 aromatic rings. The highest BCUT2D eigenvalue weighted by Gasteiger charge is 2.19. The van der Waals surface area contributed by atoms with Crippen molar-refractivity contribution in [3.05, 3.63) is 23.6 Å². The number of ether oxygens (including phenoxy) is 2. The minimum atomic E-state index is -0.454. The number of carbonyl (C=O) groups excluding carboxylic acids is 1. The Morgan fingerprint density at radius 3 is 3.05 bits per heavy atom. The Kier molecular flexibility index (Phi) is 4.57.